The number of hydrogen-bond acceptors (Lipinski definition) is 3. The van der Waals surface area contributed by atoms with E-state index in [0.717, 1.165) is 31.3 Å². The van der Waals surface area contributed by atoms with Crippen LogP contribution in [0, 0.1) is 11.8 Å². The van der Waals surface area contributed by atoms with Crippen molar-refractivity contribution in [1.29, 1.82) is 0 Å². The minimum atomic E-state index is 0.738. The number of nitrogens with one attached hydrogen (secondary N) is 1. The van der Waals surface area contributed by atoms with Gasteiger partial charge in [-0.15, -0.1) is 10.2 Å². The van der Waals surface area contributed by atoms with Gasteiger partial charge in [0.05, 0.1) is 0 Å². The van der Waals surface area contributed by atoms with Crippen molar-refractivity contribution in [3.05, 3.63) is 12.2 Å². The van der Waals surface area contributed by atoms with E-state index in [4.69, 9.17) is 0 Å². The third-order valence-corrected chi connectivity index (χ3v) is 3.81. The van der Waals surface area contributed by atoms with Crippen molar-refractivity contribution in [3.8, 4) is 0 Å². The maximum atomic E-state index is 4.31. The lowest BCUT2D eigenvalue weighted by Gasteiger charge is -2.14. The number of aromatic nitrogens is 3. The molecule has 0 radical (unpaired) electrons. The zero-order chi connectivity index (χ0) is 12.8. The monoisotopic (exact) mass is 250 g/mol. The van der Waals surface area contributed by atoms with Gasteiger partial charge in [-0.05, 0) is 50.6 Å². The van der Waals surface area contributed by atoms with Gasteiger partial charge in [0.25, 0.3) is 0 Å². The molecule has 2 rings (SSSR count). The van der Waals surface area contributed by atoms with E-state index >= 15 is 0 Å². The first kappa shape index (κ1) is 13.5. The van der Waals surface area contributed by atoms with Gasteiger partial charge in [0.2, 0.25) is 0 Å². The Hall–Kier alpha value is -0.900. The number of rotatable bonds is 5. The summed E-state index contributed by atoms with van der Waals surface area (Å²) in [6, 6.07) is 0. The molecule has 4 nitrogen and oxygen atoms in total. The van der Waals surface area contributed by atoms with Gasteiger partial charge in [-0.2, -0.15) is 0 Å². The molecule has 0 bridgehead atoms. The quantitative estimate of drug-likeness (QED) is 0.871. The fraction of sp³-hybridized carbons (Fsp3) is 0.857. The first-order chi connectivity index (χ1) is 8.75. The van der Waals surface area contributed by atoms with Gasteiger partial charge in [0.1, 0.15) is 12.2 Å². The lowest BCUT2D eigenvalue weighted by molar-refractivity contribution is 0.437. The van der Waals surface area contributed by atoms with Crippen molar-refractivity contribution in [2.24, 2.45) is 11.8 Å². The number of nitrogens with zero attached hydrogens (tertiary/aromatic N) is 3. The van der Waals surface area contributed by atoms with Crippen molar-refractivity contribution in [3.63, 3.8) is 0 Å². The second-order valence-electron chi connectivity index (χ2n) is 5.87. The van der Waals surface area contributed by atoms with E-state index in [9.17, 15) is 0 Å². The Labute approximate surface area is 110 Å². The Balaban J connectivity index is 1.89. The molecule has 1 N–H and O–H groups in total. The molecule has 1 saturated heterocycles. The molecule has 4 heteroatoms. The largest absolute Gasteiger partial charge is 0.318 e. The molecule has 1 atom stereocenters. The molecule has 0 aromatic carbocycles. The van der Waals surface area contributed by atoms with E-state index in [1.807, 2.05) is 6.33 Å². The number of hydrogen-bond donors (Lipinski definition) is 1. The van der Waals surface area contributed by atoms with Crippen molar-refractivity contribution in [2.75, 3.05) is 13.1 Å². The van der Waals surface area contributed by atoms with Crippen LogP contribution in [0.1, 0.15) is 45.4 Å². The van der Waals surface area contributed by atoms with E-state index in [0.29, 0.717) is 0 Å². The summed E-state index contributed by atoms with van der Waals surface area (Å²) in [5.41, 5.74) is 0. The summed E-state index contributed by atoms with van der Waals surface area (Å²) < 4.78 is 2.25. The topological polar surface area (TPSA) is 42.7 Å². The summed E-state index contributed by atoms with van der Waals surface area (Å²) in [6.45, 7) is 7.92. The summed E-state index contributed by atoms with van der Waals surface area (Å²) in [7, 11) is 0. The van der Waals surface area contributed by atoms with E-state index < -0.39 is 0 Å². The van der Waals surface area contributed by atoms with Crippen LogP contribution in [0.4, 0.5) is 0 Å². The standard InChI is InChI=1S/C14H26N4/c1-12(2)6-9-18-11-16-17-14(18)10-13-4-3-7-15-8-5-13/h11-13,15H,3-10H2,1-2H3. The van der Waals surface area contributed by atoms with Crippen LogP contribution >= 0.6 is 0 Å². The Morgan fingerprint density at radius 2 is 2.28 bits per heavy atom. The molecule has 1 unspecified atom stereocenters. The molecular formula is C14H26N4. The minimum absolute atomic E-state index is 0.738. The summed E-state index contributed by atoms with van der Waals surface area (Å²) in [5, 5.41) is 11.9. The maximum absolute atomic E-state index is 4.31. The molecule has 0 spiro atoms. The van der Waals surface area contributed by atoms with Crippen LogP contribution in [0.25, 0.3) is 0 Å². The molecule has 18 heavy (non-hydrogen) atoms. The molecule has 1 aromatic heterocycles. The summed E-state index contributed by atoms with van der Waals surface area (Å²) in [5.74, 6) is 2.70. The normalized spacial score (nSPS) is 21.2. The van der Waals surface area contributed by atoms with E-state index in [2.05, 4.69) is 33.9 Å². The predicted molar refractivity (Wildman–Crippen MR) is 73.4 cm³/mol. The Morgan fingerprint density at radius 3 is 3.11 bits per heavy atom. The van der Waals surface area contributed by atoms with Crippen LogP contribution in [0.3, 0.4) is 0 Å². The second kappa shape index (κ2) is 6.88. The van der Waals surface area contributed by atoms with Crippen molar-refractivity contribution in [2.45, 2.75) is 52.5 Å². The highest BCUT2D eigenvalue weighted by Gasteiger charge is 2.15. The van der Waals surface area contributed by atoms with Crippen molar-refractivity contribution < 1.29 is 0 Å². The second-order valence-corrected chi connectivity index (χ2v) is 5.87. The highest BCUT2D eigenvalue weighted by atomic mass is 15.3. The van der Waals surface area contributed by atoms with Gasteiger partial charge in [-0.3, -0.25) is 0 Å². The van der Waals surface area contributed by atoms with Gasteiger partial charge >= 0.3 is 0 Å². The molecule has 0 aliphatic carbocycles. The van der Waals surface area contributed by atoms with E-state index in [1.165, 1.54) is 38.1 Å². The van der Waals surface area contributed by atoms with E-state index in [1.54, 1.807) is 0 Å². The van der Waals surface area contributed by atoms with Crippen LogP contribution in [-0.2, 0) is 13.0 Å². The highest BCUT2D eigenvalue weighted by molar-refractivity contribution is 4.89. The van der Waals surface area contributed by atoms with E-state index in [-0.39, 0.29) is 0 Å². The fourth-order valence-corrected chi connectivity index (χ4v) is 2.57. The average molecular weight is 250 g/mol. The van der Waals surface area contributed by atoms with Crippen LogP contribution in [-0.4, -0.2) is 27.9 Å². The first-order valence-electron chi connectivity index (χ1n) is 7.33. The van der Waals surface area contributed by atoms with Crippen LogP contribution in [0.15, 0.2) is 6.33 Å². The smallest absolute Gasteiger partial charge is 0.133 e. The lowest BCUT2D eigenvalue weighted by Crippen LogP contribution is -2.15. The average Bonchev–Trinajstić information content (AvgIpc) is 2.60. The molecule has 1 aromatic rings. The molecule has 1 fully saturated rings. The molecule has 0 saturated carbocycles. The van der Waals surface area contributed by atoms with Gasteiger partial charge in [-0.25, -0.2) is 0 Å². The molecule has 1 aliphatic rings. The molecule has 1 aliphatic heterocycles. The third kappa shape index (κ3) is 4.09. The van der Waals surface area contributed by atoms with Gasteiger partial charge in [-0.1, -0.05) is 13.8 Å². The van der Waals surface area contributed by atoms with Crippen molar-refractivity contribution in [1.82, 2.24) is 20.1 Å². The molecule has 0 amide bonds. The third-order valence-electron chi connectivity index (χ3n) is 3.81. The summed E-state index contributed by atoms with van der Waals surface area (Å²) >= 11 is 0. The zero-order valence-electron chi connectivity index (χ0n) is 11.7. The van der Waals surface area contributed by atoms with Crippen LogP contribution < -0.4 is 5.32 Å². The molecular weight excluding hydrogens is 224 g/mol. The van der Waals surface area contributed by atoms with Crippen LogP contribution in [0.5, 0.6) is 0 Å². The molecule has 2 heterocycles. The van der Waals surface area contributed by atoms with Gasteiger partial charge in [0.15, 0.2) is 0 Å². The maximum Gasteiger partial charge on any atom is 0.133 e. The Kier molecular flexibility index (Phi) is 5.17. The predicted octanol–water partition coefficient (Wildman–Crippen LogP) is 2.26. The first-order valence-corrected chi connectivity index (χ1v) is 7.33. The fourth-order valence-electron chi connectivity index (χ4n) is 2.57. The lowest BCUT2D eigenvalue weighted by atomic mass is 9.96. The Bertz CT molecular complexity index is 337. The number of aryl methyl sites for hydroxylation is 1. The Morgan fingerprint density at radius 1 is 1.39 bits per heavy atom. The SMILES string of the molecule is CC(C)CCn1cnnc1CC1CCCNCC1. The minimum Gasteiger partial charge on any atom is -0.318 e. The van der Waals surface area contributed by atoms with Gasteiger partial charge in [0, 0.05) is 13.0 Å². The highest BCUT2D eigenvalue weighted by Crippen LogP contribution is 2.18. The van der Waals surface area contributed by atoms with Crippen LogP contribution in [0.2, 0.25) is 0 Å². The molecule has 102 valence electrons. The summed E-state index contributed by atoms with van der Waals surface area (Å²) in [4.78, 5) is 0. The summed E-state index contributed by atoms with van der Waals surface area (Å²) in [6.07, 6.45) is 8.09. The van der Waals surface area contributed by atoms with Gasteiger partial charge < -0.3 is 9.88 Å². The zero-order valence-corrected chi connectivity index (χ0v) is 11.7. The van der Waals surface area contributed by atoms with Crippen molar-refractivity contribution >= 4 is 0 Å².